The number of hydrogen-bond donors (Lipinski definition) is 0. The van der Waals surface area contributed by atoms with Gasteiger partial charge in [-0.2, -0.15) is 0 Å². The van der Waals surface area contributed by atoms with Gasteiger partial charge in [-0.3, -0.25) is 0 Å². The summed E-state index contributed by atoms with van der Waals surface area (Å²) in [4.78, 5) is 15.4. The van der Waals surface area contributed by atoms with Crippen molar-refractivity contribution in [3.63, 3.8) is 0 Å². The summed E-state index contributed by atoms with van der Waals surface area (Å²) in [6.07, 6.45) is 0. The van der Waals surface area contributed by atoms with Crippen LogP contribution in [0.3, 0.4) is 0 Å². The summed E-state index contributed by atoms with van der Waals surface area (Å²) in [5.74, 6) is 0. The van der Waals surface area contributed by atoms with Gasteiger partial charge in [0.25, 0.3) is 6.71 Å². The Balaban J connectivity index is 0.991. The van der Waals surface area contributed by atoms with Crippen LogP contribution >= 0.6 is 23.5 Å². The minimum Gasteiger partial charge on any atom is -0.311 e. The van der Waals surface area contributed by atoms with E-state index < -0.39 is 0 Å². The number of anilines is 12. The lowest BCUT2D eigenvalue weighted by atomic mass is 9.31. The summed E-state index contributed by atoms with van der Waals surface area (Å²) >= 11 is 3.88. The zero-order valence-corrected chi connectivity index (χ0v) is 58.9. The first kappa shape index (κ1) is 61.6. The van der Waals surface area contributed by atoms with Crippen LogP contribution in [0, 0.1) is 0 Å². The van der Waals surface area contributed by atoms with Gasteiger partial charge >= 0.3 is 0 Å². The maximum Gasteiger partial charge on any atom is 0.252 e. The van der Waals surface area contributed by atoms with Crippen LogP contribution in [0.15, 0.2) is 256 Å². The molecule has 0 spiro atoms. The molecule has 0 fully saturated rings. The molecule has 0 bridgehead atoms. The summed E-state index contributed by atoms with van der Waals surface area (Å²) in [6.45, 7) is 34.5. The lowest BCUT2D eigenvalue weighted by molar-refractivity contribution is 0.590. The topological polar surface area (TPSA) is 13.0 Å². The molecule has 15 rings (SSSR count). The second kappa shape index (κ2) is 22.6. The van der Waals surface area contributed by atoms with Gasteiger partial charge in [-0.15, -0.1) is 0 Å². The van der Waals surface area contributed by atoms with Crippen molar-refractivity contribution in [2.24, 2.45) is 0 Å². The van der Waals surface area contributed by atoms with Gasteiger partial charge in [0.15, 0.2) is 0 Å². The van der Waals surface area contributed by atoms with Gasteiger partial charge in [0, 0.05) is 82.1 Å². The van der Waals surface area contributed by atoms with Crippen molar-refractivity contribution in [3.05, 3.63) is 264 Å². The Kier molecular flexibility index (Phi) is 14.8. The highest BCUT2D eigenvalue weighted by atomic mass is 32.2. The molecule has 0 radical (unpaired) electrons. The second-order valence-electron chi connectivity index (χ2n) is 31.5. The molecule has 0 saturated heterocycles. The molecule has 0 aliphatic carbocycles. The van der Waals surface area contributed by atoms with Crippen LogP contribution in [0.4, 0.5) is 68.2 Å². The highest BCUT2D eigenvalue weighted by Gasteiger charge is 2.47. The quantitative estimate of drug-likeness (QED) is 0.140. The smallest absolute Gasteiger partial charge is 0.252 e. The Labute approximate surface area is 568 Å². The summed E-state index contributed by atoms with van der Waals surface area (Å²) in [5, 5.41) is 0. The van der Waals surface area contributed by atoms with E-state index in [1.165, 1.54) is 103 Å². The second-order valence-corrected chi connectivity index (χ2v) is 33.7. The molecule has 4 aliphatic rings. The molecule has 11 aromatic carbocycles. The Morgan fingerprint density at radius 2 is 0.617 bits per heavy atom. The van der Waals surface area contributed by atoms with Crippen LogP contribution in [0.2, 0.25) is 0 Å². The Hall–Kier alpha value is -8.55. The third-order valence-corrected chi connectivity index (χ3v) is 22.2. The number of fused-ring (bicyclic) bond motifs is 8. The maximum absolute atomic E-state index is 2.66. The first-order valence-corrected chi connectivity index (χ1v) is 35.3. The first-order chi connectivity index (χ1) is 44.8. The van der Waals surface area contributed by atoms with Gasteiger partial charge in [0.05, 0.1) is 5.69 Å². The van der Waals surface area contributed by atoms with Crippen LogP contribution in [0.1, 0.15) is 132 Å². The monoisotopic (exact) mass is 1260 g/mol. The van der Waals surface area contributed by atoms with Crippen LogP contribution in [0.25, 0.3) is 0 Å². The number of rotatable bonds is 8. The SMILES string of the molecule is CC(C)(C)c1ccc(N(c2ccc(C(C)(C)C)cc2)c2cc3c4c(c2)Sc2cc5c(cc2B4c2ccccc2S3)B2c3ccccc3N(c3ccccc3)c3cc(N(c4ccc(C(C)(C)C)cc4)c4ccc(C(C)(C)C)cc4)cc(c32)N5c2ccc(C(C)(C)C)cc2)cc1. The van der Waals surface area contributed by atoms with E-state index in [2.05, 4.69) is 360 Å². The number of para-hydroxylation sites is 2. The highest BCUT2D eigenvalue weighted by molar-refractivity contribution is 8.01. The van der Waals surface area contributed by atoms with Gasteiger partial charge in [-0.25, -0.2) is 0 Å². The molecule has 4 aliphatic heterocycles. The Morgan fingerprint density at radius 3 is 1.07 bits per heavy atom. The number of hydrogen-bond acceptors (Lipinski definition) is 6. The minimum absolute atomic E-state index is 0.00829. The number of nitrogens with zero attached hydrogens (tertiary/aromatic N) is 4. The van der Waals surface area contributed by atoms with Gasteiger partial charge in [-0.1, -0.05) is 260 Å². The molecule has 466 valence electrons. The van der Waals surface area contributed by atoms with Crippen LogP contribution in [-0.2, 0) is 27.1 Å². The number of benzene rings is 11. The van der Waals surface area contributed by atoms with Crippen molar-refractivity contribution >= 4 is 138 Å². The van der Waals surface area contributed by atoms with E-state index >= 15 is 0 Å². The van der Waals surface area contributed by atoms with E-state index in [1.807, 2.05) is 23.5 Å². The molecule has 4 heterocycles. The average molecular weight is 1260 g/mol. The van der Waals surface area contributed by atoms with E-state index in [1.54, 1.807) is 0 Å². The molecule has 4 nitrogen and oxygen atoms in total. The normalized spacial score (nSPS) is 13.9. The van der Waals surface area contributed by atoms with Crippen molar-refractivity contribution in [2.75, 3.05) is 19.6 Å². The molecule has 0 saturated carbocycles. The third kappa shape index (κ3) is 10.8. The predicted molar refractivity (Wildman–Crippen MR) is 409 cm³/mol. The minimum atomic E-state index is -0.101. The standard InChI is InChI=1S/C86H84B2N4S2/c1-82(2,3)55-29-39-61(40-30-55)89(62-41-31-56(32-42-62)83(4,5)6)66-49-74-80-75(50-66)92(65-47-37-59(38-48-65)86(13,14)15)73-54-77-71(53-70(73)87(80)68-25-19-21-27-72(68)91(74)60-23-17-16-18-24-60)88-69-26-20-22-28-76(69)93-78-51-67(52-79(94-77)81(78)88)90(63-43-33-57(34-44-63)84(7,8)9)64-45-35-58(36-46-64)85(10,11)12/h16-54H,1-15H3. The molecule has 0 aromatic heterocycles. The first-order valence-electron chi connectivity index (χ1n) is 33.6. The van der Waals surface area contributed by atoms with Gasteiger partial charge < -0.3 is 19.6 Å². The zero-order valence-electron chi connectivity index (χ0n) is 57.3. The fraction of sp³-hybridized carbons (Fsp3) is 0.233. The van der Waals surface area contributed by atoms with Crippen LogP contribution in [0.5, 0.6) is 0 Å². The van der Waals surface area contributed by atoms with E-state index in [0.717, 1.165) is 45.5 Å². The van der Waals surface area contributed by atoms with E-state index in [-0.39, 0.29) is 40.5 Å². The van der Waals surface area contributed by atoms with Crippen molar-refractivity contribution in [3.8, 4) is 0 Å². The fourth-order valence-corrected chi connectivity index (χ4v) is 17.2. The van der Waals surface area contributed by atoms with Crippen molar-refractivity contribution in [1.29, 1.82) is 0 Å². The fourth-order valence-electron chi connectivity index (χ4n) is 14.7. The largest absolute Gasteiger partial charge is 0.311 e. The Morgan fingerprint density at radius 1 is 0.255 bits per heavy atom. The summed E-state index contributed by atoms with van der Waals surface area (Å²) in [7, 11) is 0. The summed E-state index contributed by atoms with van der Waals surface area (Å²) in [5.41, 5.74) is 28.3. The zero-order chi connectivity index (χ0) is 65.5. The van der Waals surface area contributed by atoms with Gasteiger partial charge in [-0.05, 0) is 192 Å². The molecule has 0 N–H and O–H groups in total. The lowest BCUT2D eigenvalue weighted by Gasteiger charge is -2.45. The Bertz CT molecular complexity index is 4620. The summed E-state index contributed by atoms with van der Waals surface area (Å²) < 4.78 is 0. The molecule has 0 amide bonds. The van der Waals surface area contributed by atoms with Crippen LogP contribution in [-0.4, -0.2) is 13.4 Å². The molecule has 8 heteroatoms. The van der Waals surface area contributed by atoms with Crippen molar-refractivity contribution < 1.29 is 0 Å². The average Bonchev–Trinajstić information content (AvgIpc) is 0.691. The molecule has 94 heavy (non-hydrogen) atoms. The van der Waals surface area contributed by atoms with Crippen LogP contribution < -0.4 is 52.4 Å². The van der Waals surface area contributed by atoms with E-state index in [0.29, 0.717) is 0 Å². The highest BCUT2D eigenvalue weighted by Crippen LogP contribution is 2.51. The van der Waals surface area contributed by atoms with Crippen molar-refractivity contribution in [1.82, 2.24) is 0 Å². The third-order valence-electron chi connectivity index (χ3n) is 19.9. The maximum atomic E-state index is 2.66. The molecule has 0 unspecified atom stereocenters. The molecular weight excluding hydrogens is 1170 g/mol. The molecular formula is C86H84B2N4S2. The lowest BCUT2D eigenvalue weighted by Crippen LogP contribution is -2.64. The van der Waals surface area contributed by atoms with E-state index in [4.69, 9.17) is 0 Å². The summed E-state index contributed by atoms with van der Waals surface area (Å²) in [6, 6.07) is 91.6. The van der Waals surface area contributed by atoms with E-state index in [9.17, 15) is 0 Å². The molecule has 0 atom stereocenters. The van der Waals surface area contributed by atoms with Gasteiger partial charge in [0.1, 0.15) is 0 Å². The molecule has 11 aromatic rings. The van der Waals surface area contributed by atoms with Crippen molar-refractivity contribution in [2.45, 2.75) is 151 Å². The predicted octanol–water partition coefficient (Wildman–Crippen LogP) is 20.6. The van der Waals surface area contributed by atoms with Gasteiger partial charge in [0.2, 0.25) is 6.71 Å².